The summed E-state index contributed by atoms with van der Waals surface area (Å²) in [6.07, 6.45) is -0.254. The van der Waals surface area contributed by atoms with Crippen molar-refractivity contribution in [2.24, 2.45) is 0 Å². The number of amides is 1. The predicted octanol–water partition coefficient (Wildman–Crippen LogP) is 2.01. The Kier molecular flexibility index (Phi) is 4.45. The number of nitriles is 1. The van der Waals surface area contributed by atoms with Crippen molar-refractivity contribution in [3.8, 4) is 6.07 Å². The highest BCUT2D eigenvalue weighted by atomic mass is 32.2. The quantitative estimate of drug-likeness (QED) is 0.630. The van der Waals surface area contributed by atoms with Crippen molar-refractivity contribution in [2.45, 2.75) is 17.6 Å². The molecule has 0 radical (unpaired) electrons. The molecule has 0 aliphatic carbocycles. The number of thioether (sulfide) groups is 1. The number of nitrogens with zero attached hydrogens (tertiary/aromatic N) is 2. The topological polar surface area (TPSA) is 70.4 Å². The van der Waals surface area contributed by atoms with E-state index in [0.717, 1.165) is 15.6 Å². The van der Waals surface area contributed by atoms with E-state index in [2.05, 4.69) is 6.07 Å². The smallest absolute Gasteiger partial charge is 0.315 e. The van der Waals surface area contributed by atoms with Gasteiger partial charge < -0.3 is 9.64 Å². The summed E-state index contributed by atoms with van der Waals surface area (Å²) in [6, 6.07) is 3.78. The van der Waals surface area contributed by atoms with Crippen molar-refractivity contribution >= 4 is 40.7 Å². The van der Waals surface area contributed by atoms with E-state index >= 15 is 0 Å². The summed E-state index contributed by atoms with van der Waals surface area (Å²) in [6.45, 7) is 2.53. The Labute approximate surface area is 119 Å². The molecule has 0 saturated carbocycles. The van der Waals surface area contributed by atoms with Gasteiger partial charge in [-0.15, -0.1) is 23.1 Å². The number of carbonyl (C=O) groups is 2. The van der Waals surface area contributed by atoms with Crippen LogP contribution in [-0.2, 0) is 14.3 Å². The molecule has 1 aromatic rings. The summed E-state index contributed by atoms with van der Waals surface area (Å²) >= 11 is 3.01. The Morgan fingerprint density at radius 3 is 3.05 bits per heavy atom. The van der Waals surface area contributed by atoms with Gasteiger partial charge in [0.15, 0.2) is 0 Å². The van der Waals surface area contributed by atoms with Crippen molar-refractivity contribution in [3.63, 3.8) is 0 Å². The highest BCUT2D eigenvalue weighted by molar-refractivity contribution is 8.01. The number of thiophene rings is 1. The van der Waals surface area contributed by atoms with E-state index < -0.39 is 5.97 Å². The second kappa shape index (κ2) is 6.08. The molecule has 2 rings (SSSR count). The van der Waals surface area contributed by atoms with Crippen molar-refractivity contribution < 1.29 is 14.3 Å². The average molecular weight is 296 g/mol. The lowest BCUT2D eigenvalue weighted by Gasteiger charge is -2.26. The van der Waals surface area contributed by atoms with Crippen molar-refractivity contribution in [2.75, 3.05) is 23.8 Å². The Morgan fingerprint density at radius 2 is 2.37 bits per heavy atom. The third kappa shape index (κ3) is 3.08. The summed E-state index contributed by atoms with van der Waals surface area (Å²) in [5, 5.41) is 8.90. The average Bonchev–Trinajstić information content (AvgIpc) is 2.81. The highest BCUT2D eigenvalue weighted by Gasteiger charge is 2.27. The van der Waals surface area contributed by atoms with Crippen LogP contribution in [-0.4, -0.2) is 30.8 Å². The molecule has 19 heavy (non-hydrogen) atoms. The van der Waals surface area contributed by atoms with Crippen molar-refractivity contribution in [1.82, 2.24) is 0 Å². The van der Waals surface area contributed by atoms with E-state index in [4.69, 9.17) is 10.00 Å². The van der Waals surface area contributed by atoms with E-state index in [-0.39, 0.29) is 18.9 Å². The number of hydrogen-bond donors (Lipinski definition) is 0. The van der Waals surface area contributed by atoms with Gasteiger partial charge in [0.2, 0.25) is 5.91 Å². The van der Waals surface area contributed by atoms with Gasteiger partial charge in [-0.1, -0.05) is 0 Å². The maximum absolute atomic E-state index is 12.1. The van der Waals surface area contributed by atoms with E-state index in [9.17, 15) is 9.59 Å². The first kappa shape index (κ1) is 13.9. The lowest BCUT2D eigenvalue weighted by Crippen LogP contribution is -2.36. The number of rotatable bonds is 3. The minimum atomic E-state index is -0.511. The standard InChI is InChI=1S/C12H12N2O3S2/c1-2-17-11(16)6-10(15)14-3-4-18-12-9(14)5-8(7-13)19-12/h5H,2-4,6H2,1H3. The first-order chi connectivity index (χ1) is 9.15. The molecule has 0 spiro atoms. The van der Waals surface area contributed by atoms with Crippen LogP contribution in [0.5, 0.6) is 0 Å². The summed E-state index contributed by atoms with van der Waals surface area (Å²) in [5.74, 6) is -0.0160. The summed E-state index contributed by atoms with van der Waals surface area (Å²) in [5.41, 5.74) is 0.743. The minimum absolute atomic E-state index is 0.254. The summed E-state index contributed by atoms with van der Waals surface area (Å²) < 4.78 is 5.73. The van der Waals surface area contributed by atoms with E-state index in [1.807, 2.05) is 0 Å². The third-order valence-corrected chi connectivity index (χ3v) is 4.82. The first-order valence-electron chi connectivity index (χ1n) is 5.78. The lowest BCUT2D eigenvalue weighted by molar-refractivity contribution is -0.145. The molecule has 0 aromatic carbocycles. The third-order valence-electron chi connectivity index (χ3n) is 2.53. The van der Waals surface area contributed by atoms with Crippen LogP contribution in [0.2, 0.25) is 0 Å². The molecular formula is C12H12N2O3S2. The van der Waals surface area contributed by atoms with Gasteiger partial charge in [-0.25, -0.2) is 0 Å². The Morgan fingerprint density at radius 1 is 1.58 bits per heavy atom. The number of hydrogen-bond acceptors (Lipinski definition) is 6. The van der Waals surface area contributed by atoms with Crippen molar-refractivity contribution in [1.29, 1.82) is 5.26 Å². The zero-order valence-corrected chi connectivity index (χ0v) is 12.0. The largest absolute Gasteiger partial charge is 0.466 e. The number of anilines is 1. The molecule has 0 bridgehead atoms. The van der Waals surface area contributed by atoms with Gasteiger partial charge in [0.25, 0.3) is 0 Å². The first-order valence-corrected chi connectivity index (χ1v) is 7.58. The molecule has 0 fully saturated rings. The van der Waals surface area contributed by atoms with Gasteiger partial charge >= 0.3 is 5.97 Å². The van der Waals surface area contributed by atoms with Gasteiger partial charge in [-0.3, -0.25) is 9.59 Å². The lowest BCUT2D eigenvalue weighted by atomic mass is 10.3. The van der Waals surface area contributed by atoms with E-state index in [1.54, 1.807) is 29.7 Å². The maximum Gasteiger partial charge on any atom is 0.315 e. The summed E-state index contributed by atoms with van der Waals surface area (Å²) in [4.78, 5) is 25.6. The zero-order chi connectivity index (χ0) is 13.8. The number of ether oxygens (including phenoxy) is 1. The normalized spacial score (nSPS) is 13.6. The molecule has 1 aromatic heterocycles. The zero-order valence-electron chi connectivity index (χ0n) is 10.3. The van der Waals surface area contributed by atoms with Gasteiger partial charge in [0.1, 0.15) is 17.4 Å². The molecule has 100 valence electrons. The fourth-order valence-corrected chi connectivity index (χ4v) is 3.97. The molecule has 1 amide bonds. The Hall–Kier alpha value is -1.52. The molecule has 2 heterocycles. The number of carbonyl (C=O) groups excluding carboxylic acids is 2. The van der Waals surface area contributed by atoms with Gasteiger partial charge in [0, 0.05) is 12.3 Å². The van der Waals surface area contributed by atoms with E-state index in [0.29, 0.717) is 11.4 Å². The number of fused-ring (bicyclic) bond motifs is 1. The monoisotopic (exact) mass is 296 g/mol. The Balaban J connectivity index is 2.14. The van der Waals surface area contributed by atoms with Gasteiger partial charge in [-0.05, 0) is 13.0 Å². The second-order valence-electron chi connectivity index (χ2n) is 3.77. The minimum Gasteiger partial charge on any atom is -0.466 e. The number of esters is 1. The van der Waals surface area contributed by atoms with E-state index in [1.165, 1.54) is 11.3 Å². The highest BCUT2D eigenvalue weighted by Crippen LogP contribution is 2.41. The van der Waals surface area contributed by atoms with Crippen molar-refractivity contribution in [3.05, 3.63) is 10.9 Å². The fraction of sp³-hybridized carbons (Fsp3) is 0.417. The van der Waals surface area contributed by atoms with Gasteiger partial charge in [-0.2, -0.15) is 5.26 Å². The van der Waals surface area contributed by atoms with Crippen LogP contribution < -0.4 is 4.90 Å². The molecule has 0 unspecified atom stereocenters. The molecular weight excluding hydrogens is 284 g/mol. The predicted molar refractivity (Wildman–Crippen MR) is 73.4 cm³/mol. The van der Waals surface area contributed by atoms with Crippen LogP contribution in [0.1, 0.15) is 18.2 Å². The SMILES string of the molecule is CCOC(=O)CC(=O)N1CCSc2sc(C#N)cc21. The van der Waals surface area contributed by atoms with Crippen LogP contribution in [0.15, 0.2) is 10.3 Å². The Bertz CT molecular complexity index is 548. The molecule has 1 aliphatic heterocycles. The molecule has 0 N–H and O–H groups in total. The van der Waals surface area contributed by atoms with Crippen LogP contribution in [0.4, 0.5) is 5.69 Å². The molecule has 7 heteroatoms. The van der Waals surface area contributed by atoms with Gasteiger partial charge in [0.05, 0.1) is 16.5 Å². The molecule has 5 nitrogen and oxygen atoms in total. The fourth-order valence-electron chi connectivity index (χ4n) is 1.75. The van der Waals surface area contributed by atoms with Crippen LogP contribution >= 0.6 is 23.1 Å². The molecule has 0 atom stereocenters. The molecule has 1 aliphatic rings. The molecule has 0 saturated heterocycles. The summed E-state index contributed by atoms with van der Waals surface area (Å²) in [7, 11) is 0. The van der Waals surface area contributed by atoms with Crippen LogP contribution in [0, 0.1) is 11.3 Å². The van der Waals surface area contributed by atoms with Crippen LogP contribution in [0.3, 0.4) is 0 Å². The van der Waals surface area contributed by atoms with Crippen LogP contribution in [0.25, 0.3) is 0 Å². The second-order valence-corrected chi connectivity index (χ2v) is 6.19. The maximum atomic E-state index is 12.1.